The Morgan fingerprint density at radius 2 is 1.74 bits per heavy atom. The van der Waals surface area contributed by atoms with Gasteiger partial charge in [-0.15, -0.1) is 0 Å². The summed E-state index contributed by atoms with van der Waals surface area (Å²) < 4.78 is 26.2. The van der Waals surface area contributed by atoms with E-state index in [2.05, 4.69) is 10.6 Å². The van der Waals surface area contributed by atoms with Crippen molar-refractivity contribution in [2.45, 2.75) is 45.7 Å². The van der Waals surface area contributed by atoms with Gasteiger partial charge in [-0.25, -0.2) is 8.42 Å². The molecule has 2 amide bonds. The van der Waals surface area contributed by atoms with E-state index in [9.17, 15) is 18.0 Å². The Hall–Kier alpha value is -2.58. The number of carbonyl (C=O) groups excluding carboxylic acids is 2. The quantitative estimate of drug-likeness (QED) is 0.583. The molecule has 0 heterocycles. The summed E-state index contributed by atoms with van der Waals surface area (Å²) in [5, 5.41) is 5.96. The average Bonchev–Trinajstić information content (AvgIpc) is 2.70. The first kappa shape index (κ1) is 24.7. The van der Waals surface area contributed by atoms with E-state index >= 15 is 0 Å². The average molecular weight is 466 g/mol. The molecule has 0 saturated heterocycles. The van der Waals surface area contributed by atoms with Crippen molar-refractivity contribution in [3.8, 4) is 0 Å². The van der Waals surface area contributed by atoms with E-state index in [4.69, 9.17) is 11.6 Å². The largest absolute Gasteiger partial charge is 0.350 e. The summed E-state index contributed by atoms with van der Waals surface area (Å²) in [4.78, 5) is 25.8. The lowest BCUT2D eigenvalue weighted by molar-refractivity contribution is -0.117. The van der Waals surface area contributed by atoms with Crippen molar-refractivity contribution >= 4 is 44.8 Å². The number of para-hydroxylation sites is 1. The van der Waals surface area contributed by atoms with Gasteiger partial charge in [0.2, 0.25) is 15.9 Å². The van der Waals surface area contributed by atoms with Crippen LogP contribution in [-0.4, -0.2) is 38.6 Å². The van der Waals surface area contributed by atoms with Crippen LogP contribution >= 0.6 is 11.6 Å². The third-order valence-electron chi connectivity index (χ3n) is 4.81. The summed E-state index contributed by atoms with van der Waals surface area (Å²) >= 11 is 6.04. The second kappa shape index (κ2) is 10.6. The second-order valence-electron chi connectivity index (χ2n) is 7.28. The second-order valence-corrected chi connectivity index (χ2v) is 9.58. The maximum absolute atomic E-state index is 13.2. The van der Waals surface area contributed by atoms with Gasteiger partial charge in [0.1, 0.15) is 6.04 Å². The lowest BCUT2D eigenvalue weighted by Crippen LogP contribution is -2.47. The lowest BCUT2D eigenvalue weighted by atomic mass is 10.1. The van der Waals surface area contributed by atoms with Crippen LogP contribution in [0.5, 0.6) is 0 Å². The molecule has 7 nitrogen and oxygen atoms in total. The predicted octanol–water partition coefficient (Wildman–Crippen LogP) is 4.05. The molecule has 2 aromatic rings. The van der Waals surface area contributed by atoms with Crippen LogP contribution in [0.4, 0.5) is 11.4 Å². The highest BCUT2D eigenvalue weighted by Crippen LogP contribution is 2.26. The van der Waals surface area contributed by atoms with Gasteiger partial charge in [0.15, 0.2) is 0 Å². The third kappa shape index (κ3) is 6.45. The number of benzene rings is 2. The SMILES string of the molecule is CC[C@@H](C)NC(=O)c1ccccc1NC(=O)[C@H](CC)N(c1cccc(Cl)c1)S(C)(=O)=O. The van der Waals surface area contributed by atoms with E-state index in [1.807, 2.05) is 13.8 Å². The summed E-state index contributed by atoms with van der Waals surface area (Å²) in [5.74, 6) is -0.857. The standard InChI is InChI=1S/C22H28ClN3O4S/c1-5-15(3)24-21(27)18-12-7-8-13-19(18)25-22(28)20(6-2)26(31(4,29)30)17-11-9-10-16(23)14-17/h7-15,20H,5-6H2,1-4H3,(H,24,27)(H,25,28)/t15-,20+/m1/s1. The van der Waals surface area contributed by atoms with Crippen LogP contribution in [0.3, 0.4) is 0 Å². The van der Waals surface area contributed by atoms with Crippen molar-refractivity contribution in [2.75, 3.05) is 15.9 Å². The van der Waals surface area contributed by atoms with Crippen LogP contribution in [0.25, 0.3) is 0 Å². The molecule has 0 aliphatic carbocycles. The van der Waals surface area contributed by atoms with Crippen molar-refractivity contribution in [3.05, 3.63) is 59.1 Å². The molecule has 168 valence electrons. The number of amides is 2. The third-order valence-corrected chi connectivity index (χ3v) is 6.23. The summed E-state index contributed by atoms with van der Waals surface area (Å²) in [6, 6.07) is 11.9. The van der Waals surface area contributed by atoms with Gasteiger partial charge < -0.3 is 10.6 Å². The fraction of sp³-hybridized carbons (Fsp3) is 0.364. The fourth-order valence-electron chi connectivity index (χ4n) is 3.08. The van der Waals surface area contributed by atoms with E-state index in [-0.39, 0.29) is 18.4 Å². The van der Waals surface area contributed by atoms with E-state index in [1.165, 1.54) is 6.07 Å². The highest BCUT2D eigenvalue weighted by atomic mass is 35.5. The molecule has 0 bridgehead atoms. The summed E-state index contributed by atoms with van der Waals surface area (Å²) in [6.45, 7) is 5.57. The van der Waals surface area contributed by atoms with E-state index < -0.39 is 22.0 Å². The van der Waals surface area contributed by atoms with Gasteiger partial charge in [-0.2, -0.15) is 0 Å². The Balaban J connectivity index is 2.37. The van der Waals surface area contributed by atoms with Gasteiger partial charge in [0.05, 0.1) is 23.2 Å². The Labute approximate surface area is 188 Å². The number of sulfonamides is 1. The molecule has 2 atom stereocenters. The molecule has 0 aliphatic heterocycles. The maximum Gasteiger partial charge on any atom is 0.253 e. The Kier molecular flexibility index (Phi) is 8.47. The van der Waals surface area contributed by atoms with Gasteiger partial charge in [-0.3, -0.25) is 13.9 Å². The first-order chi connectivity index (χ1) is 14.6. The van der Waals surface area contributed by atoms with Crippen LogP contribution < -0.4 is 14.9 Å². The van der Waals surface area contributed by atoms with Crippen molar-refractivity contribution < 1.29 is 18.0 Å². The molecule has 0 spiro atoms. The predicted molar refractivity (Wildman–Crippen MR) is 125 cm³/mol. The number of halogens is 1. The minimum absolute atomic E-state index is 0.0248. The molecule has 0 unspecified atom stereocenters. The van der Waals surface area contributed by atoms with Gasteiger partial charge in [0.25, 0.3) is 5.91 Å². The smallest absolute Gasteiger partial charge is 0.253 e. The maximum atomic E-state index is 13.2. The van der Waals surface area contributed by atoms with Crippen LogP contribution in [0.15, 0.2) is 48.5 Å². The van der Waals surface area contributed by atoms with E-state index in [0.717, 1.165) is 17.0 Å². The van der Waals surface area contributed by atoms with Crippen LogP contribution in [0.1, 0.15) is 44.0 Å². The molecule has 0 fully saturated rings. The summed E-state index contributed by atoms with van der Waals surface area (Å²) in [5.41, 5.74) is 0.908. The van der Waals surface area contributed by atoms with Crippen molar-refractivity contribution in [1.82, 2.24) is 5.32 Å². The van der Waals surface area contributed by atoms with Gasteiger partial charge in [-0.05, 0) is 50.1 Å². The zero-order valence-electron chi connectivity index (χ0n) is 18.1. The molecular formula is C22H28ClN3O4S. The fourth-order valence-corrected chi connectivity index (χ4v) is 4.47. The Morgan fingerprint density at radius 3 is 2.32 bits per heavy atom. The summed E-state index contributed by atoms with van der Waals surface area (Å²) in [6.07, 6.45) is 2.02. The van der Waals surface area contributed by atoms with Gasteiger partial charge in [-0.1, -0.05) is 43.6 Å². The zero-order chi connectivity index (χ0) is 23.2. The number of anilines is 2. The number of nitrogens with one attached hydrogen (secondary N) is 2. The molecule has 2 rings (SSSR count). The molecule has 2 aromatic carbocycles. The number of carbonyl (C=O) groups is 2. The van der Waals surface area contributed by atoms with E-state index in [1.54, 1.807) is 49.4 Å². The Bertz CT molecular complexity index is 1040. The minimum Gasteiger partial charge on any atom is -0.350 e. The van der Waals surface area contributed by atoms with Crippen molar-refractivity contribution in [2.24, 2.45) is 0 Å². The van der Waals surface area contributed by atoms with Crippen LogP contribution in [-0.2, 0) is 14.8 Å². The number of hydrogen-bond donors (Lipinski definition) is 2. The number of rotatable bonds is 9. The molecule has 9 heteroatoms. The number of hydrogen-bond acceptors (Lipinski definition) is 4. The zero-order valence-corrected chi connectivity index (χ0v) is 19.6. The highest BCUT2D eigenvalue weighted by molar-refractivity contribution is 7.92. The molecule has 0 saturated carbocycles. The molecule has 31 heavy (non-hydrogen) atoms. The molecule has 0 radical (unpaired) electrons. The van der Waals surface area contributed by atoms with E-state index in [0.29, 0.717) is 22.0 Å². The normalized spacial score (nSPS) is 13.2. The summed E-state index contributed by atoms with van der Waals surface area (Å²) in [7, 11) is -3.79. The van der Waals surface area contributed by atoms with Crippen molar-refractivity contribution in [1.29, 1.82) is 0 Å². The monoisotopic (exact) mass is 465 g/mol. The topological polar surface area (TPSA) is 95.6 Å². The van der Waals surface area contributed by atoms with Gasteiger partial charge >= 0.3 is 0 Å². The molecule has 2 N–H and O–H groups in total. The molecular weight excluding hydrogens is 438 g/mol. The molecule has 0 aliphatic rings. The lowest BCUT2D eigenvalue weighted by Gasteiger charge is -2.30. The van der Waals surface area contributed by atoms with Crippen molar-refractivity contribution in [3.63, 3.8) is 0 Å². The van der Waals surface area contributed by atoms with Crippen LogP contribution in [0, 0.1) is 0 Å². The minimum atomic E-state index is -3.79. The first-order valence-corrected chi connectivity index (χ1v) is 12.3. The van der Waals surface area contributed by atoms with Gasteiger partial charge in [0, 0.05) is 11.1 Å². The van der Waals surface area contributed by atoms with Crippen LogP contribution in [0.2, 0.25) is 5.02 Å². The molecule has 0 aromatic heterocycles. The highest BCUT2D eigenvalue weighted by Gasteiger charge is 2.32. The first-order valence-electron chi connectivity index (χ1n) is 10.0. The number of nitrogens with zero attached hydrogens (tertiary/aromatic N) is 1. The Morgan fingerprint density at radius 1 is 1.06 bits per heavy atom.